The molecule has 2 aliphatic rings. The lowest BCUT2D eigenvalue weighted by Gasteiger charge is -2.16. The predicted molar refractivity (Wildman–Crippen MR) is 81.6 cm³/mol. The van der Waals surface area contributed by atoms with Gasteiger partial charge in [0.1, 0.15) is 0 Å². The van der Waals surface area contributed by atoms with E-state index in [2.05, 4.69) is 15.5 Å². The van der Waals surface area contributed by atoms with Gasteiger partial charge in [-0.2, -0.15) is 4.98 Å². The number of nitrogens with zero attached hydrogens (tertiary/aromatic N) is 3. The van der Waals surface area contributed by atoms with Gasteiger partial charge in [-0.15, -0.1) is 0 Å². The second-order valence-electron chi connectivity index (χ2n) is 5.87. The maximum atomic E-state index is 11.7. The third-order valence-electron chi connectivity index (χ3n) is 4.12. The zero-order valence-electron chi connectivity index (χ0n) is 12.3. The van der Waals surface area contributed by atoms with Crippen molar-refractivity contribution in [2.45, 2.75) is 38.1 Å². The monoisotopic (exact) mass is 298 g/mol. The Morgan fingerprint density at radius 1 is 1.27 bits per heavy atom. The lowest BCUT2D eigenvalue weighted by molar-refractivity contribution is -0.117. The fourth-order valence-electron chi connectivity index (χ4n) is 2.71. The molecule has 6 nitrogen and oxygen atoms in total. The molecule has 114 valence electrons. The molecule has 2 aromatic rings. The molecular formula is C16H18N4O2. The quantitative estimate of drug-likeness (QED) is 0.919. The van der Waals surface area contributed by atoms with Gasteiger partial charge < -0.3 is 14.7 Å². The van der Waals surface area contributed by atoms with Crippen molar-refractivity contribution in [3.63, 3.8) is 0 Å². The van der Waals surface area contributed by atoms with E-state index in [0.29, 0.717) is 24.8 Å². The fraction of sp³-hybridized carbons (Fsp3) is 0.438. The molecule has 1 aromatic carbocycles. The van der Waals surface area contributed by atoms with Crippen LogP contribution in [0.4, 0.5) is 11.4 Å². The summed E-state index contributed by atoms with van der Waals surface area (Å²) >= 11 is 0. The van der Waals surface area contributed by atoms with E-state index < -0.39 is 0 Å². The van der Waals surface area contributed by atoms with Crippen molar-refractivity contribution in [1.29, 1.82) is 0 Å². The van der Waals surface area contributed by atoms with Crippen LogP contribution in [0.5, 0.6) is 0 Å². The van der Waals surface area contributed by atoms with E-state index in [9.17, 15) is 4.79 Å². The molecule has 0 unspecified atom stereocenters. The van der Waals surface area contributed by atoms with Gasteiger partial charge >= 0.3 is 0 Å². The highest BCUT2D eigenvalue weighted by Crippen LogP contribution is 2.38. The summed E-state index contributed by atoms with van der Waals surface area (Å²) in [6, 6.07) is 7.88. The van der Waals surface area contributed by atoms with Crippen molar-refractivity contribution in [2.24, 2.45) is 0 Å². The minimum absolute atomic E-state index is 0.208. The van der Waals surface area contributed by atoms with E-state index in [1.807, 2.05) is 29.2 Å². The third kappa shape index (κ3) is 2.68. The number of hydrogen-bond acceptors (Lipinski definition) is 5. The first-order valence-electron chi connectivity index (χ1n) is 7.76. The smallest absolute Gasteiger partial charge is 0.245 e. The molecule has 22 heavy (non-hydrogen) atoms. The molecule has 0 atom stereocenters. The standard InChI is InChI=1S/C16H18N4O2/c21-15-2-1-9-20(15)13-7-5-12(6-8-13)17-10-14-18-16(19-22-14)11-3-4-11/h5-8,11,17H,1-4,9-10H2. The molecule has 6 heteroatoms. The van der Waals surface area contributed by atoms with Gasteiger partial charge in [-0.25, -0.2) is 0 Å². The number of rotatable bonds is 5. The Kier molecular flexibility index (Phi) is 3.29. The number of carbonyl (C=O) groups excluding carboxylic acids is 1. The normalized spacial score (nSPS) is 18.0. The first kappa shape index (κ1) is 13.3. The van der Waals surface area contributed by atoms with Crippen LogP contribution in [0.15, 0.2) is 28.8 Å². The minimum atomic E-state index is 0.208. The number of amides is 1. The van der Waals surface area contributed by atoms with Crippen molar-refractivity contribution in [1.82, 2.24) is 10.1 Å². The van der Waals surface area contributed by atoms with E-state index in [1.54, 1.807) is 0 Å². The third-order valence-corrected chi connectivity index (χ3v) is 4.12. The molecule has 1 N–H and O–H groups in total. The number of aromatic nitrogens is 2. The second-order valence-corrected chi connectivity index (χ2v) is 5.87. The maximum absolute atomic E-state index is 11.7. The Morgan fingerprint density at radius 3 is 2.77 bits per heavy atom. The van der Waals surface area contributed by atoms with Crippen LogP contribution in [0.2, 0.25) is 0 Å². The molecule has 4 rings (SSSR count). The Bertz CT molecular complexity index is 676. The van der Waals surface area contributed by atoms with Crippen molar-refractivity contribution < 1.29 is 9.32 Å². The minimum Gasteiger partial charge on any atom is -0.376 e. The van der Waals surface area contributed by atoms with E-state index in [0.717, 1.165) is 30.2 Å². The van der Waals surface area contributed by atoms with Crippen LogP contribution in [-0.4, -0.2) is 22.6 Å². The summed E-state index contributed by atoms with van der Waals surface area (Å²) in [4.78, 5) is 17.9. The second kappa shape index (κ2) is 5.44. The van der Waals surface area contributed by atoms with Crippen LogP contribution >= 0.6 is 0 Å². The molecule has 0 spiro atoms. The molecule has 1 aromatic heterocycles. The van der Waals surface area contributed by atoms with Crippen LogP contribution < -0.4 is 10.2 Å². The summed E-state index contributed by atoms with van der Waals surface area (Å²) in [5, 5.41) is 7.26. The summed E-state index contributed by atoms with van der Waals surface area (Å²) in [7, 11) is 0. The maximum Gasteiger partial charge on any atom is 0.245 e. The lowest BCUT2D eigenvalue weighted by Crippen LogP contribution is -2.23. The predicted octanol–water partition coefficient (Wildman–Crippen LogP) is 2.69. The van der Waals surface area contributed by atoms with Crippen LogP contribution in [-0.2, 0) is 11.3 Å². The highest BCUT2D eigenvalue weighted by molar-refractivity contribution is 5.95. The van der Waals surface area contributed by atoms with Crippen LogP contribution in [0.1, 0.15) is 43.3 Å². The average Bonchev–Trinajstić information content (AvgIpc) is 3.13. The molecule has 1 aliphatic heterocycles. The Labute approximate surface area is 128 Å². The molecule has 0 bridgehead atoms. The van der Waals surface area contributed by atoms with Gasteiger partial charge in [0.2, 0.25) is 11.8 Å². The number of carbonyl (C=O) groups is 1. The molecular weight excluding hydrogens is 280 g/mol. The Balaban J connectivity index is 1.37. The number of hydrogen-bond donors (Lipinski definition) is 1. The van der Waals surface area contributed by atoms with Gasteiger partial charge in [0, 0.05) is 30.3 Å². The summed E-state index contributed by atoms with van der Waals surface area (Å²) in [6.45, 7) is 1.33. The molecule has 1 aliphatic carbocycles. The highest BCUT2D eigenvalue weighted by Gasteiger charge is 2.28. The molecule has 1 saturated heterocycles. The Hall–Kier alpha value is -2.37. The van der Waals surface area contributed by atoms with Crippen molar-refractivity contribution >= 4 is 17.3 Å². The zero-order valence-corrected chi connectivity index (χ0v) is 12.3. The first-order chi connectivity index (χ1) is 10.8. The topological polar surface area (TPSA) is 71.3 Å². The fourth-order valence-corrected chi connectivity index (χ4v) is 2.71. The van der Waals surface area contributed by atoms with Gasteiger partial charge in [0.05, 0.1) is 6.54 Å². The Morgan fingerprint density at radius 2 is 2.09 bits per heavy atom. The van der Waals surface area contributed by atoms with E-state index in [-0.39, 0.29) is 5.91 Å². The number of benzene rings is 1. The first-order valence-corrected chi connectivity index (χ1v) is 7.76. The summed E-state index contributed by atoms with van der Waals surface area (Å²) in [5.74, 6) is 2.16. The van der Waals surface area contributed by atoms with Gasteiger partial charge in [0.25, 0.3) is 0 Å². The summed E-state index contributed by atoms with van der Waals surface area (Å²) in [5.41, 5.74) is 1.93. The van der Waals surface area contributed by atoms with Gasteiger partial charge in [-0.05, 0) is 43.5 Å². The van der Waals surface area contributed by atoms with E-state index in [4.69, 9.17) is 4.52 Å². The average molecular weight is 298 g/mol. The highest BCUT2D eigenvalue weighted by atomic mass is 16.5. The number of nitrogens with one attached hydrogen (secondary N) is 1. The number of anilines is 2. The summed E-state index contributed by atoms with van der Waals surface area (Å²) in [6.07, 6.45) is 3.94. The summed E-state index contributed by atoms with van der Waals surface area (Å²) < 4.78 is 5.23. The van der Waals surface area contributed by atoms with Crippen LogP contribution in [0.3, 0.4) is 0 Å². The van der Waals surface area contributed by atoms with Crippen LogP contribution in [0.25, 0.3) is 0 Å². The molecule has 0 radical (unpaired) electrons. The SMILES string of the molecule is O=C1CCCN1c1ccc(NCc2nc(C3CC3)no2)cc1. The van der Waals surface area contributed by atoms with Gasteiger partial charge in [-0.1, -0.05) is 5.16 Å². The molecule has 1 amide bonds. The van der Waals surface area contributed by atoms with E-state index >= 15 is 0 Å². The van der Waals surface area contributed by atoms with Crippen molar-refractivity contribution in [2.75, 3.05) is 16.8 Å². The van der Waals surface area contributed by atoms with Gasteiger partial charge in [-0.3, -0.25) is 4.79 Å². The van der Waals surface area contributed by atoms with Crippen molar-refractivity contribution in [3.05, 3.63) is 36.0 Å². The van der Waals surface area contributed by atoms with Crippen molar-refractivity contribution in [3.8, 4) is 0 Å². The molecule has 1 saturated carbocycles. The zero-order chi connectivity index (χ0) is 14.9. The van der Waals surface area contributed by atoms with Gasteiger partial charge in [0.15, 0.2) is 5.82 Å². The lowest BCUT2D eigenvalue weighted by atomic mass is 10.2. The molecule has 2 fully saturated rings. The molecule has 2 heterocycles. The largest absolute Gasteiger partial charge is 0.376 e. The van der Waals surface area contributed by atoms with E-state index in [1.165, 1.54) is 12.8 Å². The van der Waals surface area contributed by atoms with Crippen LogP contribution in [0, 0.1) is 0 Å².